The van der Waals surface area contributed by atoms with Gasteiger partial charge in [0.1, 0.15) is 0 Å². The Balaban J connectivity index is 2.89. The van der Waals surface area contributed by atoms with Crippen LogP contribution in [0.25, 0.3) is 0 Å². The van der Waals surface area contributed by atoms with Crippen molar-refractivity contribution < 1.29 is 13.2 Å². The lowest BCUT2D eigenvalue weighted by Crippen LogP contribution is -2.45. The highest BCUT2D eigenvalue weighted by Gasteiger charge is 2.23. The summed E-state index contributed by atoms with van der Waals surface area (Å²) in [5.41, 5.74) is 5.90. The lowest BCUT2D eigenvalue weighted by molar-refractivity contribution is -0.131. The maximum absolute atomic E-state index is 12.1. The molecule has 1 rings (SSSR count). The summed E-state index contributed by atoms with van der Waals surface area (Å²) in [6.07, 6.45) is 0. The van der Waals surface area contributed by atoms with Gasteiger partial charge in [-0.2, -0.15) is 4.72 Å². The number of nitrogens with one attached hydrogen (secondary N) is 1. The molecule has 6 nitrogen and oxygen atoms in total. The Hall–Kier alpha value is -1.60. The number of nitrogens with two attached hydrogens (primary N) is 1. The number of carbonyl (C=O) groups excluding carboxylic acids is 1. The molecule has 1 atom stereocenters. The third kappa shape index (κ3) is 3.93. The van der Waals surface area contributed by atoms with E-state index in [4.69, 9.17) is 5.73 Å². The highest BCUT2D eigenvalue weighted by Crippen LogP contribution is 2.13. The third-order valence-electron chi connectivity index (χ3n) is 2.72. The van der Waals surface area contributed by atoms with E-state index in [1.807, 2.05) is 6.92 Å². The van der Waals surface area contributed by atoms with Crippen LogP contribution in [0.2, 0.25) is 0 Å². The van der Waals surface area contributed by atoms with Crippen LogP contribution in [-0.4, -0.2) is 38.9 Å². The number of hydrogen-bond donors (Lipinski definition) is 2. The maximum atomic E-state index is 12.1. The first-order valence-electron chi connectivity index (χ1n) is 5.90. The monoisotopic (exact) mass is 285 g/mol. The van der Waals surface area contributed by atoms with Crippen molar-refractivity contribution in [3.63, 3.8) is 0 Å². The molecule has 0 aliphatic rings. The standard InChI is InChI=1S/C12H19N3O3S/c1-4-15(3)12(16)9(2)14-19(17,18)11-7-5-6-10(13)8-11/h5-9,14H,4,13H2,1-3H3. The topological polar surface area (TPSA) is 92.5 Å². The average molecular weight is 285 g/mol. The molecular weight excluding hydrogens is 266 g/mol. The van der Waals surface area contributed by atoms with Crippen molar-refractivity contribution >= 4 is 21.6 Å². The SMILES string of the molecule is CCN(C)C(=O)C(C)NS(=O)(=O)c1cccc(N)c1. The summed E-state index contributed by atoms with van der Waals surface area (Å²) in [6, 6.07) is 5.10. The highest BCUT2D eigenvalue weighted by atomic mass is 32.2. The van der Waals surface area contributed by atoms with Gasteiger partial charge in [0.25, 0.3) is 0 Å². The molecule has 0 saturated carbocycles. The Morgan fingerprint density at radius 3 is 2.63 bits per heavy atom. The largest absolute Gasteiger partial charge is 0.399 e. The Kier molecular flexibility index (Phi) is 4.90. The van der Waals surface area contributed by atoms with Crippen LogP contribution in [0.5, 0.6) is 0 Å². The Bertz CT molecular complexity index is 557. The lowest BCUT2D eigenvalue weighted by Gasteiger charge is -2.20. The molecule has 1 aromatic carbocycles. The fraction of sp³-hybridized carbons (Fsp3) is 0.417. The van der Waals surface area contributed by atoms with Crippen molar-refractivity contribution in [1.29, 1.82) is 0 Å². The van der Waals surface area contributed by atoms with Crippen molar-refractivity contribution in [2.45, 2.75) is 24.8 Å². The Morgan fingerprint density at radius 2 is 2.11 bits per heavy atom. The van der Waals surface area contributed by atoms with Crippen molar-refractivity contribution in [2.75, 3.05) is 19.3 Å². The van der Waals surface area contributed by atoms with Crippen LogP contribution in [-0.2, 0) is 14.8 Å². The molecular formula is C12H19N3O3S. The molecule has 0 fully saturated rings. The molecule has 1 unspecified atom stereocenters. The summed E-state index contributed by atoms with van der Waals surface area (Å²) in [6.45, 7) is 3.85. The number of benzene rings is 1. The first-order valence-corrected chi connectivity index (χ1v) is 7.39. The number of nitrogens with zero attached hydrogens (tertiary/aromatic N) is 1. The summed E-state index contributed by atoms with van der Waals surface area (Å²) in [4.78, 5) is 13.3. The van der Waals surface area contributed by atoms with E-state index in [0.717, 1.165) is 0 Å². The number of sulfonamides is 1. The van der Waals surface area contributed by atoms with Crippen LogP contribution in [0.3, 0.4) is 0 Å². The van der Waals surface area contributed by atoms with E-state index in [0.29, 0.717) is 12.2 Å². The third-order valence-corrected chi connectivity index (χ3v) is 4.26. The first-order chi connectivity index (χ1) is 8.77. The van der Waals surface area contributed by atoms with Gasteiger partial charge in [0.05, 0.1) is 10.9 Å². The van der Waals surface area contributed by atoms with Gasteiger partial charge in [0, 0.05) is 19.3 Å². The van der Waals surface area contributed by atoms with Crippen LogP contribution in [0.1, 0.15) is 13.8 Å². The zero-order chi connectivity index (χ0) is 14.6. The fourth-order valence-electron chi connectivity index (χ4n) is 1.52. The van der Waals surface area contributed by atoms with Gasteiger partial charge in [-0.15, -0.1) is 0 Å². The van der Waals surface area contributed by atoms with E-state index in [1.165, 1.54) is 24.0 Å². The molecule has 1 amide bonds. The van der Waals surface area contributed by atoms with E-state index >= 15 is 0 Å². The van der Waals surface area contributed by atoms with Crippen molar-refractivity contribution in [1.82, 2.24) is 9.62 Å². The molecule has 0 aromatic heterocycles. The number of carbonyl (C=O) groups is 1. The van der Waals surface area contributed by atoms with Gasteiger partial charge in [-0.05, 0) is 32.0 Å². The smallest absolute Gasteiger partial charge is 0.241 e. The molecule has 106 valence electrons. The fourth-order valence-corrected chi connectivity index (χ4v) is 2.77. The zero-order valence-corrected chi connectivity index (χ0v) is 12.1. The second-order valence-corrected chi connectivity index (χ2v) is 5.98. The molecule has 0 heterocycles. The molecule has 0 radical (unpaired) electrons. The minimum Gasteiger partial charge on any atom is -0.399 e. The Morgan fingerprint density at radius 1 is 1.47 bits per heavy atom. The molecule has 0 aliphatic heterocycles. The number of hydrogen-bond acceptors (Lipinski definition) is 4. The number of nitrogen functional groups attached to an aromatic ring is 1. The predicted molar refractivity (Wildman–Crippen MR) is 73.9 cm³/mol. The molecule has 0 bridgehead atoms. The minimum atomic E-state index is -3.75. The number of amides is 1. The molecule has 1 aromatic rings. The van der Waals surface area contributed by atoms with E-state index in [1.54, 1.807) is 19.2 Å². The molecule has 3 N–H and O–H groups in total. The van der Waals surface area contributed by atoms with Crippen LogP contribution in [0.15, 0.2) is 29.2 Å². The highest BCUT2D eigenvalue weighted by molar-refractivity contribution is 7.89. The van der Waals surface area contributed by atoms with Gasteiger partial charge in [0.2, 0.25) is 15.9 Å². The quantitative estimate of drug-likeness (QED) is 0.767. The van der Waals surface area contributed by atoms with Gasteiger partial charge in [-0.25, -0.2) is 8.42 Å². The van der Waals surface area contributed by atoms with Crippen LogP contribution in [0, 0.1) is 0 Å². The van der Waals surface area contributed by atoms with Crippen molar-refractivity contribution in [3.05, 3.63) is 24.3 Å². The van der Waals surface area contributed by atoms with Gasteiger partial charge >= 0.3 is 0 Å². The van der Waals surface area contributed by atoms with Gasteiger partial charge < -0.3 is 10.6 Å². The van der Waals surface area contributed by atoms with E-state index in [2.05, 4.69) is 4.72 Å². The molecule has 0 saturated heterocycles. The lowest BCUT2D eigenvalue weighted by atomic mass is 10.3. The van der Waals surface area contributed by atoms with Crippen LogP contribution in [0.4, 0.5) is 5.69 Å². The second kappa shape index (κ2) is 6.03. The second-order valence-electron chi connectivity index (χ2n) is 4.27. The van der Waals surface area contributed by atoms with Crippen molar-refractivity contribution in [2.24, 2.45) is 0 Å². The number of rotatable bonds is 5. The van der Waals surface area contributed by atoms with E-state index in [9.17, 15) is 13.2 Å². The first kappa shape index (κ1) is 15.5. The zero-order valence-electron chi connectivity index (χ0n) is 11.3. The predicted octanol–water partition coefficient (Wildman–Crippen LogP) is 0.414. The minimum absolute atomic E-state index is 0.0475. The van der Waals surface area contributed by atoms with Crippen molar-refractivity contribution in [3.8, 4) is 0 Å². The van der Waals surface area contributed by atoms with Crippen LogP contribution < -0.4 is 10.5 Å². The summed E-state index contributed by atoms with van der Waals surface area (Å²) in [5, 5.41) is 0. The van der Waals surface area contributed by atoms with Crippen LogP contribution >= 0.6 is 0 Å². The summed E-state index contributed by atoms with van der Waals surface area (Å²) >= 11 is 0. The van der Waals surface area contributed by atoms with Gasteiger partial charge in [0.15, 0.2) is 0 Å². The molecule has 0 aliphatic carbocycles. The van der Waals surface area contributed by atoms with Gasteiger partial charge in [-0.3, -0.25) is 4.79 Å². The summed E-state index contributed by atoms with van der Waals surface area (Å²) in [5.74, 6) is -0.282. The molecule has 0 spiro atoms. The maximum Gasteiger partial charge on any atom is 0.241 e. The summed E-state index contributed by atoms with van der Waals surface area (Å²) in [7, 11) is -2.13. The average Bonchev–Trinajstić information content (AvgIpc) is 2.36. The van der Waals surface area contributed by atoms with E-state index in [-0.39, 0.29) is 10.8 Å². The number of likely N-dealkylation sites (N-methyl/N-ethyl adjacent to an activating group) is 1. The molecule has 7 heteroatoms. The molecule has 19 heavy (non-hydrogen) atoms. The van der Waals surface area contributed by atoms with E-state index < -0.39 is 16.1 Å². The van der Waals surface area contributed by atoms with Gasteiger partial charge in [-0.1, -0.05) is 6.07 Å². The Labute approximate surface area is 113 Å². The normalized spacial score (nSPS) is 13.0. The number of anilines is 1. The summed E-state index contributed by atoms with van der Waals surface area (Å²) < 4.78 is 26.5.